The maximum atomic E-state index is 11.4. The van der Waals surface area contributed by atoms with Crippen LogP contribution in [0, 0.1) is 11.8 Å². The van der Waals surface area contributed by atoms with Crippen molar-refractivity contribution in [1.29, 1.82) is 0 Å². The fraction of sp³-hybridized carbons (Fsp3) is 1.00. The maximum absolute atomic E-state index is 11.4. The summed E-state index contributed by atoms with van der Waals surface area (Å²) in [6, 6.07) is 0. The van der Waals surface area contributed by atoms with Gasteiger partial charge in [-0.2, -0.15) is 0 Å². The van der Waals surface area contributed by atoms with Crippen LogP contribution in [0.1, 0.15) is 20.3 Å². The first-order chi connectivity index (χ1) is 5.97. The van der Waals surface area contributed by atoms with E-state index in [0.29, 0.717) is 24.9 Å². The van der Waals surface area contributed by atoms with Gasteiger partial charge < -0.3 is 0 Å². The number of sulfonamides is 1. The Balaban J connectivity index is 2.66. The van der Waals surface area contributed by atoms with E-state index in [0.717, 1.165) is 6.42 Å². The second kappa shape index (κ2) is 4.15. The highest BCUT2D eigenvalue weighted by atomic mass is 35.5. The van der Waals surface area contributed by atoms with Gasteiger partial charge >= 0.3 is 0 Å². The zero-order valence-corrected chi connectivity index (χ0v) is 9.61. The molecule has 0 amide bonds. The zero-order valence-electron chi connectivity index (χ0n) is 8.03. The van der Waals surface area contributed by atoms with E-state index < -0.39 is 10.0 Å². The van der Waals surface area contributed by atoms with Crippen LogP contribution in [0.3, 0.4) is 0 Å². The molecule has 0 saturated carbocycles. The summed E-state index contributed by atoms with van der Waals surface area (Å²) in [6.45, 7) is 5.49. The second-order valence-corrected chi connectivity index (χ2v) is 6.38. The van der Waals surface area contributed by atoms with Crippen molar-refractivity contribution < 1.29 is 8.42 Å². The Bertz CT molecular complexity index is 265. The Hall–Kier alpha value is 0.200. The summed E-state index contributed by atoms with van der Waals surface area (Å²) in [5.41, 5.74) is 0. The molecule has 0 N–H and O–H groups in total. The van der Waals surface area contributed by atoms with Crippen LogP contribution in [0.15, 0.2) is 0 Å². The Kier molecular flexibility index (Phi) is 3.60. The van der Waals surface area contributed by atoms with Gasteiger partial charge in [0.25, 0.3) is 0 Å². The summed E-state index contributed by atoms with van der Waals surface area (Å²) in [5, 5.41) is -0.298. The molecule has 1 fully saturated rings. The first-order valence-electron chi connectivity index (χ1n) is 4.51. The van der Waals surface area contributed by atoms with Gasteiger partial charge in [0.1, 0.15) is 5.21 Å². The predicted molar refractivity (Wildman–Crippen MR) is 54.2 cm³/mol. The van der Waals surface area contributed by atoms with Crippen molar-refractivity contribution in [3.8, 4) is 0 Å². The third kappa shape index (κ3) is 2.58. The van der Waals surface area contributed by atoms with Crippen LogP contribution in [0.4, 0.5) is 0 Å². The second-order valence-electron chi connectivity index (χ2n) is 3.82. The first-order valence-corrected chi connectivity index (χ1v) is 6.65. The molecule has 0 aliphatic carbocycles. The van der Waals surface area contributed by atoms with Crippen LogP contribution in [-0.4, -0.2) is 31.0 Å². The molecule has 0 bridgehead atoms. The summed E-state index contributed by atoms with van der Waals surface area (Å²) in [5.74, 6) is 1.05. The van der Waals surface area contributed by atoms with Crippen LogP contribution in [0.25, 0.3) is 0 Å². The van der Waals surface area contributed by atoms with Crippen molar-refractivity contribution in [2.75, 3.05) is 18.3 Å². The number of hydrogen-bond donors (Lipinski definition) is 0. The SMILES string of the molecule is CC1CCN(S(=O)(=O)CCl)CC1C. The van der Waals surface area contributed by atoms with Crippen molar-refractivity contribution >= 4 is 21.6 Å². The average molecular weight is 226 g/mol. The monoisotopic (exact) mass is 225 g/mol. The highest BCUT2D eigenvalue weighted by Crippen LogP contribution is 2.24. The molecule has 1 aliphatic rings. The number of halogens is 1. The van der Waals surface area contributed by atoms with Crippen molar-refractivity contribution in [3.63, 3.8) is 0 Å². The lowest BCUT2D eigenvalue weighted by atomic mass is 9.90. The van der Waals surface area contributed by atoms with Crippen molar-refractivity contribution in [3.05, 3.63) is 0 Å². The quantitative estimate of drug-likeness (QED) is 0.668. The molecular formula is C8H16ClNO2S. The lowest BCUT2D eigenvalue weighted by Gasteiger charge is -2.33. The minimum absolute atomic E-state index is 0.298. The fourth-order valence-corrected chi connectivity index (χ4v) is 2.94. The molecule has 5 heteroatoms. The van der Waals surface area contributed by atoms with E-state index in [2.05, 4.69) is 13.8 Å². The molecule has 0 aromatic carbocycles. The molecule has 13 heavy (non-hydrogen) atoms. The fourth-order valence-electron chi connectivity index (χ4n) is 1.55. The summed E-state index contributed by atoms with van der Waals surface area (Å²) in [4.78, 5) is 0. The van der Waals surface area contributed by atoms with Crippen molar-refractivity contribution in [1.82, 2.24) is 4.31 Å². The van der Waals surface area contributed by atoms with Gasteiger partial charge in [-0.1, -0.05) is 13.8 Å². The topological polar surface area (TPSA) is 37.4 Å². The van der Waals surface area contributed by atoms with Gasteiger partial charge in [0, 0.05) is 13.1 Å². The van der Waals surface area contributed by atoms with E-state index in [4.69, 9.17) is 11.6 Å². The van der Waals surface area contributed by atoms with E-state index in [1.165, 1.54) is 4.31 Å². The minimum atomic E-state index is -3.18. The Morgan fingerprint density at radius 2 is 2.00 bits per heavy atom. The molecule has 0 aromatic heterocycles. The summed E-state index contributed by atoms with van der Waals surface area (Å²) in [6.07, 6.45) is 0.942. The number of alkyl halides is 1. The van der Waals surface area contributed by atoms with Gasteiger partial charge in [0.15, 0.2) is 0 Å². The van der Waals surface area contributed by atoms with Crippen LogP contribution in [-0.2, 0) is 10.0 Å². The number of hydrogen-bond acceptors (Lipinski definition) is 2. The Morgan fingerprint density at radius 3 is 2.46 bits per heavy atom. The molecule has 78 valence electrons. The van der Waals surface area contributed by atoms with Gasteiger partial charge in [-0.3, -0.25) is 0 Å². The van der Waals surface area contributed by atoms with E-state index in [9.17, 15) is 8.42 Å². The summed E-state index contributed by atoms with van der Waals surface area (Å²) in [7, 11) is -3.18. The molecule has 2 unspecified atom stereocenters. The summed E-state index contributed by atoms with van der Waals surface area (Å²) >= 11 is 5.38. The van der Waals surface area contributed by atoms with Crippen molar-refractivity contribution in [2.45, 2.75) is 20.3 Å². The maximum Gasteiger partial charge on any atom is 0.228 e. The summed E-state index contributed by atoms with van der Waals surface area (Å²) < 4.78 is 24.3. The van der Waals surface area contributed by atoms with Gasteiger partial charge in [-0.25, -0.2) is 12.7 Å². The number of piperidine rings is 1. The van der Waals surface area contributed by atoms with E-state index in [1.54, 1.807) is 0 Å². The zero-order chi connectivity index (χ0) is 10.1. The van der Waals surface area contributed by atoms with Gasteiger partial charge in [-0.05, 0) is 18.3 Å². The van der Waals surface area contributed by atoms with Crippen molar-refractivity contribution in [2.24, 2.45) is 11.8 Å². The highest BCUT2D eigenvalue weighted by molar-refractivity contribution is 7.90. The van der Waals surface area contributed by atoms with Crippen LogP contribution in [0.2, 0.25) is 0 Å². The lowest BCUT2D eigenvalue weighted by molar-refractivity contribution is 0.213. The molecule has 2 atom stereocenters. The predicted octanol–water partition coefficient (Wildman–Crippen LogP) is 1.49. The molecule has 3 nitrogen and oxygen atoms in total. The van der Waals surface area contributed by atoms with E-state index >= 15 is 0 Å². The lowest BCUT2D eigenvalue weighted by Crippen LogP contribution is -2.42. The molecule has 1 heterocycles. The minimum Gasteiger partial charge on any atom is -0.211 e. The van der Waals surface area contributed by atoms with E-state index in [1.807, 2.05) is 0 Å². The first kappa shape index (κ1) is 11.3. The standard InChI is InChI=1S/C8H16ClNO2S/c1-7-3-4-10(5-8(7)2)13(11,12)6-9/h7-8H,3-6H2,1-2H3. The smallest absolute Gasteiger partial charge is 0.211 e. The van der Waals surface area contributed by atoms with Gasteiger partial charge in [-0.15, -0.1) is 11.6 Å². The Morgan fingerprint density at radius 1 is 1.38 bits per heavy atom. The molecule has 0 aromatic rings. The molecule has 1 rings (SSSR count). The normalized spacial score (nSPS) is 31.9. The number of nitrogens with zero attached hydrogens (tertiary/aromatic N) is 1. The molecular weight excluding hydrogens is 210 g/mol. The molecule has 1 saturated heterocycles. The van der Waals surface area contributed by atoms with E-state index in [-0.39, 0.29) is 5.21 Å². The number of rotatable bonds is 2. The van der Waals surface area contributed by atoms with Crippen LogP contribution >= 0.6 is 11.6 Å². The van der Waals surface area contributed by atoms with Gasteiger partial charge in [0.2, 0.25) is 10.0 Å². The third-order valence-electron chi connectivity index (χ3n) is 2.83. The molecule has 1 aliphatic heterocycles. The van der Waals surface area contributed by atoms with Crippen LogP contribution < -0.4 is 0 Å². The molecule has 0 radical (unpaired) electrons. The van der Waals surface area contributed by atoms with Gasteiger partial charge in [0.05, 0.1) is 0 Å². The third-order valence-corrected chi connectivity index (χ3v) is 5.05. The average Bonchev–Trinajstić information content (AvgIpc) is 2.09. The van der Waals surface area contributed by atoms with Crippen LogP contribution in [0.5, 0.6) is 0 Å². The molecule has 0 spiro atoms. The highest BCUT2D eigenvalue weighted by Gasteiger charge is 2.29. The largest absolute Gasteiger partial charge is 0.228 e. The Labute approximate surface area is 85.1 Å².